The Morgan fingerprint density at radius 3 is 3.00 bits per heavy atom. The number of aromatic nitrogens is 1. The maximum Gasteiger partial charge on any atom is 0.123 e. The summed E-state index contributed by atoms with van der Waals surface area (Å²) in [7, 11) is 0. The van der Waals surface area contributed by atoms with Crippen LogP contribution in [0.3, 0.4) is 0 Å². The van der Waals surface area contributed by atoms with Crippen LogP contribution in [0, 0.1) is 11.3 Å². The van der Waals surface area contributed by atoms with Crippen molar-refractivity contribution in [2.45, 2.75) is 38.7 Å². The number of hydrogen-bond acceptors (Lipinski definition) is 5. The van der Waals surface area contributed by atoms with Crippen molar-refractivity contribution in [2.24, 2.45) is 0 Å². The van der Waals surface area contributed by atoms with E-state index in [1.165, 1.54) is 0 Å². The first kappa shape index (κ1) is 14.4. The lowest BCUT2D eigenvalue weighted by Gasteiger charge is -2.31. The number of nitriles is 1. The van der Waals surface area contributed by atoms with E-state index in [-0.39, 0.29) is 11.5 Å². The third-order valence-corrected chi connectivity index (χ3v) is 4.19. The zero-order chi connectivity index (χ0) is 13.9. The van der Waals surface area contributed by atoms with Gasteiger partial charge in [0.25, 0.3) is 0 Å². The molecule has 1 aliphatic heterocycles. The highest BCUT2D eigenvalue weighted by Crippen LogP contribution is 2.30. The summed E-state index contributed by atoms with van der Waals surface area (Å²) in [5.41, 5.74) is 1.22. The Labute approximate surface area is 119 Å². The fraction of sp³-hybridized carbons (Fsp3) is 0.714. The van der Waals surface area contributed by atoms with Crippen molar-refractivity contribution in [1.82, 2.24) is 9.88 Å². The van der Waals surface area contributed by atoms with Crippen LogP contribution in [0.5, 0.6) is 0 Å². The number of hydrogen-bond donors (Lipinski definition) is 0. The van der Waals surface area contributed by atoms with E-state index in [2.05, 4.69) is 37.1 Å². The zero-order valence-corrected chi connectivity index (χ0v) is 12.7. The Morgan fingerprint density at radius 2 is 2.37 bits per heavy atom. The maximum atomic E-state index is 8.65. The van der Waals surface area contributed by atoms with Crippen LogP contribution in [0.2, 0.25) is 0 Å². The smallest absolute Gasteiger partial charge is 0.123 e. The minimum atomic E-state index is 0.0635. The molecule has 0 saturated carbocycles. The molecule has 1 aliphatic rings. The van der Waals surface area contributed by atoms with Gasteiger partial charge in [0.15, 0.2) is 0 Å². The van der Waals surface area contributed by atoms with Crippen LogP contribution in [0.25, 0.3) is 0 Å². The van der Waals surface area contributed by atoms with Gasteiger partial charge in [-0.1, -0.05) is 20.8 Å². The minimum absolute atomic E-state index is 0.0635. The molecule has 0 bridgehead atoms. The van der Waals surface area contributed by atoms with E-state index in [4.69, 9.17) is 15.0 Å². The van der Waals surface area contributed by atoms with Gasteiger partial charge in [-0.15, -0.1) is 11.3 Å². The third-order valence-electron chi connectivity index (χ3n) is 3.26. The fourth-order valence-electron chi connectivity index (χ4n) is 2.04. The Kier molecular flexibility index (Phi) is 4.56. The molecule has 19 heavy (non-hydrogen) atoms. The van der Waals surface area contributed by atoms with E-state index >= 15 is 0 Å². The van der Waals surface area contributed by atoms with Gasteiger partial charge in [0.2, 0.25) is 0 Å². The average molecular weight is 279 g/mol. The summed E-state index contributed by atoms with van der Waals surface area (Å²) < 4.78 is 5.82. The molecule has 2 heterocycles. The summed E-state index contributed by atoms with van der Waals surface area (Å²) in [5.74, 6) is 0. The predicted octanol–water partition coefficient (Wildman–Crippen LogP) is 2.73. The summed E-state index contributed by atoms with van der Waals surface area (Å²) in [6.45, 7) is 9.83. The molecule has 1 fully saturated rings. The third kappa shape index (κ3) is 3.75. The molecule has 4 nitrogen and oxygen atoms in total. The monoisotopic (exact) mass is 279 g/mol. The first-order valence-corrected chi connectivity index (χ1v) is 7.55. The van der Waals surface area contributed by atoms with E-state index in [1.54, 1.807) is 11.3 Å². The van der Waals surface area contributed by atoms with Crippen LogP contribution in [-0.2, 0) is 10.2 Å². The zero-order valence-electron chi connectivity index (χ0n) is 11.8. The topological polar surface area (TPSA) is 49.2 Å². The molecule has 0 amide bonds. The van der Waals surface area contributed by atoms with Crippen molar-refractivity contribution in [3.05, 3.63) is 16.1 Å². The molecule has 104 valence electrons. The summed E-state index contributed by atoms with van der Waals surface area (Å²) in [5, 5.41) is 11.8. The molecule has 5 heteroatoms. The number of morpholine rings is 1. The molecule has 2 rings (SSSR count). The van der Waals surface area contributed by atoms with Gasteiger partial charge in [-0.25, -0.2) is 4.98 Å². The van der Waals surface area contributed by atoms with Crippen molar-refractivity contribution in [3.8, 4) is 6.07 Å². The van der Waals surface area contributed by atoms with Crippen LogP contribution < -0.4 is 0 Å². The van der Waals surface area contributed by atoms with Gasteiger partial charge in [-0.05, 0) is 0 Å². The number of ether oxygens (including phenoxy) is 1. The molecule has 0 N–H and O–H groups in total. The van der Waals surface area contributed by atoms with Gasteiger partial charge in [0.1, 0.15) is 11.1 Å². The molecule has 0 aromatic carbocycles. The molecule has 0 aliphatic carbocycles. The van der Waals surface area contributed by atoms with Crippen LogP contribution >= 0.6 is 11.3 Å². The quantitative estimate of drug-likeness (QED) is 0.853. The molecule has 1 saturated heterocycles. The lowest BCUT2D eigenvalue weighted by atomic mass is 9.93. The summed E-state index contributed by atoms with van der Waals surface area (Å²) in [4.78, 5) is 7.01. The summed E-state index contributed by atoms with van der Waals surface area (Å²) >= 11 is 1.68. The van der Waals surface area contributed by atoms with E-state index in [1.807, 2.05) is 0 Å². The number of rotatable bonds is 3. The van der Waals surface area contributed by atoms with E-state index in [0.717, 1.165) is 36.9 Å². The molecular weight excluding hydrogens is 258 g/mol. The highest BCUT2D eigenvalue weighted by Gasteiger charge is 2.26. The van der Waals surface area contributed by atoms with Gasteiger partial charge in [0, 0.05) is 36.9 Å². The van der Waals surface area contributed by atoms with Gasteiger partial charge >= 0.3 is 0 Å². The van der Waals surface area contributed by atoms with Crippen LogP contribution in [0.15, 0.2) is 5.38 Å². The van der Waals surface area contributed by atoms with Crippen LogP contribution in [0.4, 0.5) is 0 Å². The Balaban J connectivity index is 2.01. The van der Waals surface area contributed by atoms with Crippen LogP contribution in [-0.4, -0.2) is 36.1 Å². The van der Waals surface area contributed by atoms with Crippen molar-refractivity contribution in [3.63, 3.8) is 0 Å². The maximum absolute atomic E-state index is 8.65. The normalized spacial score (nSPS) is 21.3. The predicted molar refractivity (Wildman–Crippen MR) is 76.2 cm³/mol. The second kappa shape index (κ2) is 6.00. The Hall–Kier alpha value is -0.960. The van der Waals surface area contributed by atoms with Crippen molar-refractivity contribution < 1.29 is 4.74 Å². The molecule has 1 aromatic heterocycles. The second-order valence-electron chi connectivity index (χ2n) is 5.89. The molecule has 0 unspecified atom stereocenters. The molecule has 1 aromatic rings. The fourth-order valence-corrected chi connectivity index (χ4v) is 3.13. The van der Waals surface area contributed by atoms with Gasteiger partial charge in [-0.3, -0.25) is 4.90 Å². The highest BCUT2D eigenvalue weighted by atomic mass is 32.1. The first-order chi connectivity index (χ1) is 9.00. The highest BCUT2D eigenvalue weighted by molar-refractivity contribution is 7.09. The van der Waals surface area contributed by atoms with Crippen molar-refractivity contribution >= 4 is 11.3 Å². The van der Waals surface area contributed by atoms with Crippen molar-refractivity contribution in [1.29, 1.82) is 5.26 Å². The van der Waals surface area contributed by atoms with Crippen LogP contribution in [0.1, 0.15) is 44.0 Å². The SMILES string of the molecule is CC(C)(C)c1csc([C@H]2CN(CCC#N)CCO2)n1. The standard InChI is InChI=1S/C14H21N3OS/c1-14(2,3)12-10-19-13(16-12)11-9-17(6-4-5-15)7-8-18-11/h10-11H,4,6-9H2,1-3H3/t11-/m1/s1. The largest absolute Gasteiger partial charge is 0.368 e. The van der Waals surface area contributed by atoms with Gasteiger partial charge in [-0.2, -0.15) is 5.26 Å². The summed E-state index contributed by atoms with van der Waals surface area (Å²) in [6.07, 6.45) is 0.645. The summed E-state index contributed by atoms with van der Waals surface area (Å²) in [6, 6.07) is 2.20. The molecule has 0 spiro atoms. The lowest BCUT2D eigenvalue weighted by Crippen LogP contribution is -2.38. The molecule has 1 atom stereocenters. The van der Waals surface area contributed by atoms with E-state index in [0.29, 0.717) is 6.42 Å². The first-order valence-electron chi connectivity index (χ1n) is 6.67. The van der Waals surface area contributed by atoms with Gasteiger partial charge < -0.3 is 4.74 Å². The Bertz CT molecular complexity index is 458. The Morgan fingerprint density at radius 1 is 1.58 bits per heavy atom. The molecular formula is C14H21N3OS. The average Bonchev–Trinajstić information content (AvgIpc) is 2.86. The minimum Gasteiger partial charge on any atom is -0.368 e. The van der Waals surface area contributed by atoms with E-state index < -0.39 is 0 Å². The number of nitrogens with zero attached hydrogens (tertiary/aromatic N) is 3. The van der Waals surface area contributed by atoms with Gasteiger partial charge in [0.05, 0.1) is 18.4 Å². The molecule has 0 radical (unpaired) electrons. The van der Waals surface area contributed by atoms with E-state index in [9.17, 15) is 0 Å². The second-order valence-corrected chi connectivity index (χ2v) is 6.78. The van der Waals surface area contributed by atoms with Crippen molar-refractivity contribution in [2.75, 3.05) is 26.2 Å². The number of thiazole rings is 1. The lowest BCUT2D eigenvalue weighted by molar-refractivity contribution is -0.0294.